The average Bonchev–Trinajstić information content (AvgIpc) is 3.59. The van der Waals surface area contributed by atoms with Gasteiger partial charge in [-0.1, -0.05) is 24.3 Å². The Labute approximate surface area is 252 Å². The second-order valence-electron chi connectivity index (χ2n) is 10.8. The third kappa shape index (κ3) is 6.60. The minimum absolute atomic E-state index is 0.0321. The second kappa shape index (κ2) is 12.2. The molecule has 0 aliphatic heterocycles. The maximum absolute atomic E-state index is 13.6. The van der Waals surface area contributed by atoms with Gasteiger partial charge in [0.05, 0.1) is 17.0 Å². The van der Waals surface area contributed by atoms with Crippen LogP contribution in [0, 0.1) is 0 Å². The molecule has 12 heteroatoms. The van der Waals surface area contributed by atoms with E-state index in [9.17, 15) is 18.0 Å². The third-order valence-electron chi connectivity index (χ3n) is 7.41. The van der Waals surface area contributed by atoms with Gasteiger partial charge in [-0.25, -0.2) is 9.97 Å². The molecule has 1 amide bonds. The summed E-state index contributed by atoms with van der Waals surface area (Å²) in [5, 5.41) is 0.616. The second-order valence-corrected chi connectivity index (χ2v) is 11.8. The molecule has 226 valence electrons. The highest BCUT2D eigenvalue weighted by Gasteiger charge is 2.35. The lowest BCUT2D eigenvalue weighted by Gasteiger charge is -2.23. The minimum atomic E-state index is -4.54. The summed E-state index contributed by atoms with van der Waals surface area (Å²) in [5.74, 6) is 0.412. The van der Waals surface area contributed by atoms with E-state index in [-0.39, 0.29) is 22.1 Å². The summed E-state index contributed by atoms with van der Waals surface area (Å²) in [6, 6.07) is 11.0. The Kier molecular flexibility index (Phi) is 8.61. The molecule has 1 unspecified atom stereocenters. The number of primary amides is 1. The Hall–Kier alpha value is -4.16. The van der Waals surface area contributed by atoms with Crippen molar-refractivity contribution in [1.29, 1.82) is 0 Å². The first-order valence-electron chi connectivity index (χ1n) is 13.8. The number of carbonyl (C=O) groups is 1. The number of hydrogen-bond acceptors (Lipinski definition) is 7. The number of carbonyl (C=O) groups excluding carboxylic acids is 1. The number of halogens is 3. The molecule has 0 saturated heterocycles. The van der Waals surface area contributed by atoms with Crippen molar-refractivity contribution in [2.45, 2.75) is 31.5 Å². The van der Waals surface area contributed by atoms with E-state index in [1.807, 2.05) is 44.0 Å². The first-order valence-corrected chi connectivity index (χ1v) is 14.6. The first-order chi connectivity index (χ1) is 20.4. The van der Waals surface area contributed by atoms with Crippen LogP contribution in [-0.4, -0.2) is 59.6 Å². The van der Waals surface area contributed by atoms with Crippen molar-refractivity contribution < 1.29 is 22.7 Å². The van der Waals surface area contributed by atoms with Crippen molar-refractivity contribution in [3.63, 3.8) is 0 Å². The van der Waals surface area contributed by atoms with Crippen LogP contribution in [-0.2, 0) is 12.6 Å². The number of hydrogen-bond donors (Lipinski definition) is 1. The van der Waals surface area contributed by atoms with Crippen LogP contribution in [0.15, 0.2) is 61.1 Å². The van der Waals surface area contributed by atoms with Gasteiger partial charge in [0.1, 0.15) is 33.9 Å². The minimum Gasteiger partial charge on any atom is -0.484 e. The summed E-state index contributed by atoms with van der Waals surface area (Å²) < 4.78 is 48.6. The lowest BCUT2D eigenvalue weighted by Crippen LogP contribution is -2.29. The molecule has 1 aromatic carbocycles. The standard InChI is InChI=1S/C31H33F3N6O2S/c1-19(22-7-5-6-8-23(22)31(32,33)34)42-26-17-28(43-29(26)30(35)41)40-18-37-24-15-20(9-10-25(24)40)21-11-12-36-27(16-21)39(4)14-13-38(2)3/h5-12,16-20H,13-15H2,1-4H3,(H2,35,41)/t19-,20?/m1/s1. The molecule has 0 fully saturated rings. The Morgan fingerprint density at radius 2 is 1.93 bits per heavy atom. The van der Waals surface area contributed by atoms with Gasteiger partial charge in [-0.2, -0.15) is 13.2 Å². The predicted octanol–water partition coefficient (Wildman–Crippen LogP) is 5.94. The Morgan fingerprint density at radius 3 is 2.65 bits per heavy atom. The van der Waals surface area contributed by atoms with Gasteiger partial charge < -0.3 is 20.3 Å². The van der Waals surface area contributed by atoms with Crippen molar-refractivity contribution in [3.8, 4) is 10.8 Å². The molecule has 3 heterocycles. The molecule has 4 aromatic rings. The molecule has 2 N–H and O–H groups in total. The first kappa shape index (κ1) is 30.3. The van der Waals surface area contributed by atoms with E-state index < -0.39 is 23.8 Å². The number of allylic oxidation sites excluding steroid dienone is 1. The zero-order chi connectivity index (χ0) is 30.9. The van der Waals surface area contributed by atoms with Crippen molar-refractivity contribution in [2.24, 2.45) is 5.73 Å². The molecule has 3 aromatic heterocycles. The molecule has 5 rings (SSSR count). The van der Waals surface area contributed by atoms with Gasteiger partial charge in [0.2, 0.25) is 0 Å². The summed E-state index contributed by atoms with van der Waals surface area (Å²) in [4.78, 5) is 25.9. The molecule has 1 aliphatic rings. The number of ether oxygens (including phenoxy) is 1. The largest absolute Gasteiger partial charge is 0.484 e. The average molecular weight is 611 g/mol. The molecule has 0 saturated carbocycles. The summed E-state index contributed by atoms with van der Waals surface area (Å²) in [6.45, 7) is 3.28. The maximum Gasteiger partial charge on any atom is 0.416 e. The number of rotatable bonds is 10. The van der Waals surface area contributed by atoms with Gasteiger partial charge in [-0.3, -0.25) is 9.36 Å². The third-order valence-corrected chi connectivity index (χ3v) is 8.54. The lowest BCUT2D eigenvalue weighted by atomic mass is 9.90. The molecule has 0 bridgehead atoms. The lowest BCUT2D eigenvalue weighted by molar-refractivity contribution is -0.139. The predicted molar refractivity (Wildman–Crippen MR) is 162 cm³/mol. The summed E-state index contributed by atoms with van der Waals surface area (Å²) in [5.41, 5.74) is 7.70. The molecule has 0 radical (unpaired) electrons. The normalized spacial score (nSPS) is 15.4. The fraction of sp³-hybridized carbons (Fsp3) is 0.323. The summed E-state index contributed by atoms with van der Waals surface area (Å²) >= 11 is 1.10. The van der Waals surface area contributed by atoms with Gasteiger partial charge in [-0.05, 0) is 50.9 Å². The molecule has 1 aliphatic carbocycles. The van der Waals surface area contributed by atoms with Crippen LogP contribution in [0.25, 0.3) is 11.1 Å². The van der Waals surface area contributed by atoms with Crippen LogP contribution in [0.4, 0.5) is 19.0 Å². The number of alkyl halides is 3. The van der Waals surface area contributed by atoms with Gasteiger partial charge in [0.15, 0.2) is 0 Å². The monoisotopic (exact) mass is 610 g/mol. The van der Waals surface area contributed by atoms with Crippen molar-refractivity contribution in [1.82, 2.24) is 19.4 Å². The number of nitrogens with zero attached hydrogens (tertiary/aromatic N) is 5. The van der Waals surface area contributed by atoms with Crippen molar-refractivity contribution in [2.75, 3.05) is 39.1 Å². The Bertz CT molecular complexity index is 1640. The van der Waals surface area contributed by atoms with Crippen molar-refractivity contribution in [3.05, 3.63) is 94.0 Å². The van der Waals surface area contributed by atoms with Gasteiger partial charge in [0.25, 0.3) is 5.91 Å². The van der Waals surface area contributed by atoms with Crippen LogP contribution >= 0.6 is 11.3 Å². The summed E-state index contributed by atoms with van der Waals surface area (Å²) in [7, 11) is 6.11. The molecule has 43 heavy (non-hydrogen) atoms. The highest BCUT2D eigenvalue weighted by atomic mass is 32.1. The highest BCUT2D eigenvalue weighted by Crippen LogP contribution is 2.40. The number of anilines is 1. The van der Waals surface area contributed by atoms with Gasteiger partial charge in [0, 0.05) is 50.3 Å². The van der Waals surface area contributed by atoms with E-state index >= 15 is 0 Å². The SMILES string of the molecule is C[C@@H](Oc1cc(-n2cnc3c2C=CC(c2ccnc(N(C)CCN(C)C)c2)C3)sc1C(N)=O)c1ccccc1C(F)(F)F. The number of nitrogens with two attached hydrogens (primary N) is 1. The van der Waals surface area contributed by atoms with E-state index in [0.29, 0.717) is 11.4 Å². The highest BCUT2D eigenvalue weighted by molar-refractivity contribution is 7.16. The number of likely N-dealkylation sites (N-methyl/N-ethyl adjacent to an activating group) is 2. The van der Waals surface area contributed by atoms with Crippen LogP contribution < -0.4 is 15.4 Å². The van der Waals surface area contributed by atoms with Gasteiger partial charge in [-0.15, -0.1) is 11.3 Å². The van der Waals surface area contributed by atoms with Crippen LogP contribution in [0.2, 0.25) is 0 Å². The Morgan fingerprint density at radius 1 is 1.16 bits per heavy atom. The molecular formula is C31H33F3N6O2S. The van der Waals surface area contributed by atoms with Crippen LogP contribution in [0.3, 0.4) is 0 Å². The molecule has 2 atom stereocenters. The zero-order valence-electron chi connectivity index (χ0n) is 24.3. The van der Waals surface area contributed by atoms with E-state index in [4.69, 9.17) is 10.5 Å². The zero-order valence-corrected chi connectivity index (χ0v) is 25.1. The maximum atomic E-state index is 13.6. The van der Waals surface area contributed by atoms with Gasteiger partial charge >= 0.3 is 6.18 Å². The number of benzene rings is 1. The Balaban J connectivity index is 1.38. The number of aromatic nitrogens is 3. The van der Waals surface area contributed by atoms with E-state index in [2.05, 4.69) is 31.9 Å². The number of pyridine rings is 1. The quantitative estimate of drug-likeness (QED) is 0.239. The molecule has 0 spiro atoms. The summed E-state index contributed by atoms with van der Waals surface area (Å²) in [6.07, 6.45) is 2.77. The van der Waals surface area contributed by atoms with Crippen molar-refractivity contribution >= 4 is 29.1 Å². The van der Waals surface area contributed by atoms with E-state index in [0.717, 1.165) is 53.3 Å². The molecular weight excluding hydrogens is 577 g/mol. The molecule has 8 nitrogen and oxygen atoms in total. The topological polar surface area (TPSA) is 89.5 Å². The van der Waals surface area contributed by atoms with E-state index in [1.54, 1.807) is 12.4 Å². The fourth-order valence-electron chi connectivity index (χ4n) is 5.06. The number of imidazole rings is 1. The number of fused-ring (bicyclic) bond motifs is 1. The number of amides is 1. The fourth-order valence-corrected chi connectivity index (χ4v) is 5.99. The smallest absolute Gasteiger partial charge is 0.416 e. The van der Waals surface area contributed by atoms with Crippen LogP contribution in [0.1, 0.15) is 56.7 Å². The van der Waals surface area contributed by atoms with Crippen LogP contribution in [0.5, 0.6) is 5.75 Å². The number of thiophene rings is 1. The van der Waals surface area contributed by atoms with E-state index in [1.165, 1.54) is 25.1 Å².